The van der Waals surface area contributed by atoms with Crippen molar-refractivity contribution >= 4 is 5.97 Å². The highest BCUT2D eigenvalue weighted by Gasteiger charge is 2.29. The van der Waals surface area contributed by atoms with Crippen molar-refractivity contribution in [1.29, 1.82) is 0 Å². The molecular formula is C5H9NO2. The first kappa shape index (κ1) is 5.56. The van der Waals surface area contributed by atoms with Crippen LogP contribution in [0.5, 0.6) is 0 Å². The van der Waals surface area contributed by atoms with Crippen LogP contribution in [0.25, 0.3) is 0 Å². The van der Waals surface area contributed by atoms with Gasteiger partial charge in [-0.15, -0.1) is 0 Å². The zero-order valence-electron chi connectivity index (χ0n) is 4.76. The van der Waals surface area contributed by atoms with Crippen molar-refractivity contribution in [3.05, 3.63) is 0 Å². The number of nitrogens with two attached hydrogens (primary N) is 1. The Morgan fingerprint density at radius 1 is 1.88 bits per heavy atom. The van der Waals surface area contributed by atoms with Gasteiger partial charge in [0.2, 0.25) is 0 Å². The van der Waals surface area contributed by atoms with Crippen molar-refractivity contribution in [2.24, 2.45) is 11.7 Å². The van der Waals surface area contributed by atoms with Gasteiger partial charge in [-0.25, -0.2) is 0 Å². The fourth-order valence-electron chi connectivity index (χ4n) is 0.646. The van der Waals surface area contributed by atoms with Crippen LogP contribution in [-0.2, 0) is 9.53 Å². The van der Waals surface area contributed by atoms with E-state index >= 15 is 0 Å². The van der Waals surface area contributed by atoms with Crippen LogP contribution in [0.2, 0.25) is 0 Å². The Morgan fingerprint density at radius 3 is 2.62 bits per heavy atom. The molecule has 0 aromatic carbocycles. The molecule has 3 nitrogen and oxygen atoms in total. The number of hydrogen-bond acceptors (Lipinski definition) is 3. The number of cyclic esters (lactones) is 1. The highest BCUT2D eigenvalue weighted by molar-refractivity contribution is 5.77. The molecule has 0 aromatic heterocycles. The standard InChI is InChI=1S/C5H9NO2/c1-3-2-8-5(7)4(3)6/h3-4H,2,6H2,1H3/t3-,4+/m1/s1. The molecule has 0 aromatic rings. The van der Waals surface area contributed by atoms with E-state index in [2.05, 4.69) is 4.74 Å². The number of ether oxygens (including phenoxy) is 1. The van der Waals surface area contributed by atoms with Gasteiger partial charge in [-0.2, -0.15) is 0 Å². The van der Waals surface area contributed by atoms with Crippen LogP contribution in [0.1, 0.15) is 6.92 Å². The average Bonchev–Trinajstić information content (AvgIpc) is 1.98. The maximum atomic E-state index is 10.4. The fourth-order valence-corrected chi connectivity index (χ4v) is 0.646. The lowest BCUT2D eigenvalue weighted by molar-refractivity contribution is -0.139. The van der Waals surface area contributed by atoms with Crippen LogP contribution in [0.15, 0.2) is 0 Å². The van der Waals surface area contributed by atoms with Crippen molar-refractivity contribution in [3.63, 3.8) is 0 Å². The number of rotatable bonds is 0. The summed E-state index contributed by atoms with van der Waals surface area (Å²) in [6.45, 7) is 2.38. The average molecular weight is 115 g/mol. The number of carbonyl (C=O) groups is 1. The van der Waals surface area contributed by atoms with E-state index in [9.17, 15) is 4.79 Å². The third-order valence-electron chi connectivity index (χ3n) is 1.37. The maximum absolute atomic E-state index is 10.4. The van der Waals surface area contributed by atoms with Crippen LogP contribution in [0.3, 0.4) is 0 Å². The Hall–Kier alpha value is -0.570. The quantitative estimate of drug-likeness (QED) is 0.433. The largest absolute Gasteiger partial charge is 0.464 e. The molecule has 3 heteroatoms. The summed E-state index contributed by atoms with van der Waals surface area (Å²) in [5.41, 5.74) is 5.35. The van der Waals surface area contributed by atoms with Gasteiger partial charge in [-0.05, 0) is 0 Å². The third kappa shape index (κ3) is 0.690. The highest BCUT2D eigenvalue weighted by Crippen LogP contribution is 2.10. The number of hydrogen-bond donors (Lipinski definition) is 1. The summed E-state index contributed by atoms with van der Waals surface area (Å²) < 4.78 is 4.61. The minimum absolute atomic E-state index is 0.197. The van der Waals surface area contributed by atoms with E-state index in [4.69, 9.17) is 5.73 Å². The van der Waals surface area contributed by atoms with E-state index in [1.165, 1.54) is 0 Å². The Morgan fingerprint density at radius 2 is 2.50 bits per heavy atom. The molecule has 0 amide bonds. The second-order valence-electron chi connectivity index (χ2n) is 2.13. The minimum Gasteiger partial charge on any atom is -0.464 e. The molecule has 8 heavy (non-hydrogen) atoms. The van der Waals surface area contributed by atoms with Gasteiger partial charge in [0.1, 0.15) is 6.04 Å². The van der Waals surface area contributed by atoms with Gasteiger partial charge in [-0.3, -0.25) is 4.79 Å². The van der Waals surface area contributed by atoms with Gasteiger partial charge in [0.25, 0.3) is 0 Å². The summed E-state index contributed by atoms with van der Waals surface area (Å²) in [5, 5.41) is 0. The van der Waals surface area contributed by atoms with E-state index in [1.807, 2.05) is 6.92 Å². The first-order chi connectivity index (χ1) is 3.72. The molecule has 0 saturated carbocycles. The molecule has 46 valence electrons. The van der Waals surface area contributed by atoms with E-state index < -0.39 is 0 Å². The van der Waals surface area contributed by atoms with Crippen LogP contribution < -0.4 is 5.73 Å². The second-order valence-corrected chi connectivity index (χ2v) is 2.13. The first-order valence-corrected chi connectivity index (χ1v) is 2.64. The SMILES string of the molecule is C[C@@H]1COC(=O)[C@H]1N. The van der Waals surface area contributed by atoms with Gasteiger partial charge in [0.15, 0.2) is 0 Å². The summed E-state index contributed by atoms with van der Waals surface area (Å²) >= 11 is 0. The van der Waals surface area contributed by atoms with E-state index in [1.54, 1.807) is 0 Å². The normalized spacial score (nSPS) is 37.5. The molecule has 1 fully saturated rings. The smallest absolute Gasteiger partial charge is 0.323 e. The molecule has 0 spiro atoms. The lowest BCUT2D eigenvalue weighted by Gasteiger charge is -1.98. The Balaban J connectivity index is 2.56. The first-order valence-electron chi connectivity index (χ1n) is 2.64. The lowest BCUT2D eigenvalue weighted by Crippen LogP contribution is -2.30. The highest BCUT2D eigenvalue weighted by atomic mass is 16.5. The van der Waals surface area contributed by atoms with Gasteiger partial charge in [0, 0.05) is 5.92 Å². The predicted octanol–water partition coefficient (Wildman–Crippen LogP) is -0.493. The molecule has 1 aliphatic rings. The van der Waals surface area contributed by atoms with Crippen molar-refractivity contribution < 1.29 is 9.53 Å². The summed E-state index contributed by atoms with van der Waals surface area (Å²) in [4.78, 5) is 10.4. The summed E-state index contributed by atoms with van der Waals surface area (Å²) in [6, 6.07) is -0.380. The molecule has 0 bridgehead atoms. The maximum Gasteiger partial charge on any atom is 0.323 e. The van der Waals surface area contributed by atoms with E-state index in [0.717, 1.165) is 0 Å². The molecule has 1 saturated heterocycles. The minimum atomic E-state index is -0.380. The molecule has 1 aliphatic heterocycles. The Labute approximate surface area is 47.8 Å². The topological polar surface area (TPSA) is 52.3 Å². The van der Waals surface area contributed by atoms with Crippen molar-refractivity contribution in [3.8, 4) is 0 Å². The summed E-state index contributed by atoms with van der Waals surface area (Å²) in [5.74, 6) is -0.0694. The Bertz CT molecular complexity index is 113. The van der Waals surface area contributed by atoms with Gasteiger partial charge < -0.3 is 10.5 Å². The van der Waals surface area contributed by atoms with Crippen LogP contribution in [0.4, 0.5) is 0 Å². The molecule has 0 unspecified atom stereocenters. The predicted molar refractivity (Wildman–Crippen MR) is 28.1 cm³/mol. The summed E-state index contributed by atoms with van der Waals surface area (Å²) in [6.07, 6.45) is 0. The van der Waals surface area contributed by atoms with Crippen molar-refractivity contribution in [1.82, 2.24) is 0 Å². The zero-order valence-corrected chi connectivity index (χ0v) is 4.76. The van der Waals surface area contributed by atoms with Crippen molar-refractivity contribution in [2.75, 3.05) is 6.61 Å². The van der Waals surface area contributed by atoms with E-state index in [0.29, 0.717) is 6.61 Å². The third-order valence-corrected chi connectivity index (χ3v) is 1.37. The van der Waals surface area contributed by atoms with Crippen molar-refractivity contribution in [2.45, 2.75) is 13.0 Å². The van der Waals surface area contributed by atoms with Gasteiger partial charge in [-0.1, -0.05) is 6.92 Å². The molecule has 0 aliphatic carbocycles. The molecule has 2 N–H and O–H groups in total. The summed E-state index contributed by atoms with van der Waals surface area (Å²) in [7, 11) is 0. The van der Waals surface area contributed by atoms with Crippen LogP contribution >= 0.6 is 0 Å². The van der Waals surface area contributed by atoms with Gasteiger partial charge in [0.05, 0.1) is 6.61 Å². The second kappa shape index (κ2) is 1.74. The van der Waals surface area contributed by atoms with Gasteiger partial charge >= 0.3 is 5.97 Å². The van der Waals surface area contributed by atoms with Crippen LogP contribution in [-0.4, -0.2) is 18.6 Å². The monoisotopic (exact) mass is 115 g/mol. The fraction of sp³-hybridized carbons (Fsp3) is 0.800. The number of esters is 1. The lowest BCUT2D eigenvalue weighted by atomic mass is 10.1. The molecular weight excluding hydrogens is 106 g/mol. The Kier molecular flexibility index (Phi) is 1.21. The van der Waals surface area contributed by atoms with E-state index in [-0.39, 0.29) is 17.9 Å². The molecule has 1 heterocycles. The molecule has 2 atom stereocenters. The molecule has 1 rings (SSSR count). The number of carbonyl (C=O) groups excluding carboxylic acids is 1. The molecule has 0 radical (unpaired) electrons. The van der Waals surface area contributed by atoms with Crippen LogP contribution in [0, 0.1) is 5.92 Å². The zero-order chi connectivity index (χ0) is 6.15.